The molecule has 3 heteroatoms. The van der Waals surface area contributed by atoms with E-state index in [9.17, 15) is 0 Å². The van der Waals surface area contributed by atoms with E-state index in [-0.39, 0.29) is 0 Å². The molecule has 0 aliphatic rings. The van der Waals surface area contributed by atoms with Crippen molar-refractivity contribution in [2.24, 2.45) is 0 Å². The Morgan fingerprint density at radius 2 is 2.00 bits per heavy atom. The molecule has 0 saturated carbocycles. The van der Waals surface area contributed by atoms with Gasteiger partial charge in [0.2, 0.25) is 0 Å². The summed E-state index contributed by atoms with van der Waals surface area (Å²) in [4.78, 5) is 0. The molecule has 0 saturated heterocycles. The Bertz CT molecular complexity index is 300. The third-order valence-corrected chi connectivity index (χ3v) is 3.15. The van der Waals surface area contributed by atoms with Crippen molar-refractivity contribution in [1.29, 1.82) is 0 Å². The number of benzene rings is 1. The average Bonchev–Trinajstić information content (AvgIpc) is 2.32. The summed E-state index contributed by atoms with van der Waals surface area (Å²) in [5.41, 5.74) is 1.37. The van der Waals surface area contributed by atoms with Crippen LogP contribution in [-0.4, -0.2) is 25.8 Å². The maximum absolute atomic E-state index is 5.30. The Balaban J connectivity index is 2.16. The zero-order valence-electron chi connectivity index (χ0n) is 10.7. The van der Waals surface area contributed by atoms with Gasteiger partial charge in [0.05, 0.1) is 0 Å². The van der Waals surface area contributed by atoms with E-state index >= 15 is 0 Å². The first-order valence-corrected chi connectivity index (χ1v) is 7.07. The summed E-state index contributed by atoms with van der Waals surface area (Å²) in [5, 5.41) is 3.51. The standard InChI is InChI=1S/C14H22BrNO/c1-3-17-10-4-9-16-12(2)11-13-5-7-14(15)8-6-13/h5-8,12,16H,3-4,9-11H2,1-2H3. The third kappa shape index (κ3) is 6.81. The fourth-order valence-corrected chi connectivity index (χ4v) is 1.98. The largest absolute Gasteiger partial charge is 0.382 e. The van der Waals surface area contributed by atoms with Crippen LogP contribution < -0.4 is 5.32 Å². The van der Waals surface area contributed by atoms with E-state index in [1.165, 1.54) is 5.56 Å². The van der Waals surface area contributed by atoms with Crippen LogP contribution in [0.1, 0.15) is 25.8 Å². The highest BCUT2D eigenvalue weighted by atomic mass is 79.9. The minimum absolute atomic E-state index is 0.512. The Morgan fingerprint density at radius 3 is 2.65 bits per heavy atom. The van der Waals surface area contributed by atoms with Crippen molar-refractivity contribution < 1.29 is 4.74 Å². The second-order valence-corrected chi connectivity index (χ2v) is 5.15. The predicted molar refractivity (Wildman–Crippen MR) is 76.4 cm³/mol. The van der Waals surface area contributed by atoms with Crippen molar-refractivity contribution in [3.8, 4) is 0 Å². The highest BCUT2D eigenvalue weighted by Gasteiger charge is 2.02. The molecule has 2 nitrogen and oxygen atoms in total. The molecule has 1 aromatic rings. The number of halogens is 1. The van der Waals surface area contributed by atoms with Crippen LogP contribution >= 0.6 is 15.9 Å². The first-order valence-electron chi connectivity index (χ1n) is 6.28. The highest BCUT2D eigenvalue weighted by Crippen LogP contribution is 2.11. The van der Waals surface area contributed by atoms with E-state index in [0.29, 0.717) is 6.04 Å². The van der Waals surface area contributed by atoms with Crippen LogP contribution in [0, 0.1) is 0 Å². The minimum atomic E-state index is 0.512. The SMILES string of the molecule is CCOCCCNC(C)Cc1ccc(Br)cc1. The Kier molecular flexibility index (Phi) is 7.49. The molecule has 0 fully saturated rings. The van der Waals surface area contributed by atoms with Gasteiger partial charge in [-0.15, -0.1) is 0 Å². The molecule has 0 heterocycles. The molecule has 0 spiro atoms. The molecule has 0 aromatic heterocycles. The van der Waals surface area contributed by atoms with Crippen LogP contribution in [0.25, 0.3) is 0 Å². The van der Waals surface area contributed by atoms with Gasteiger partial charge in [0.15, 0.2) is 0 Å². The van der Waals surface area contributed by atoms with Gasteiger partial charge in [-0.25, -0.2) is 0 Å². The van der Waals surface area contributed by atoms with Crippen molar-refractivity contribution >= 4 is 15.9 Å². The van der Waals surface area contributed by atoms with Crippen molar-refractivity contribution in [2.75, 3.05) is 19.8 Å². The molecule has 0 aliphatic carbocycles. The molecule has 1 atom stereocenters. The lowest BCUT2D eigenvalue weighted by atomic mass is 10.1. The van der Waals surface area contributed by atoms with E-state index < -0.39 is 0 Å². The fourth-order valence-electron chi connectivity index (χ4n) is 1.71. The summed E-state index contributed by atoms with van der Waals surface area (Å²) < 4.78 is 6.44. The van der Waals surface area contributed by atoms with E-state index in [1.54, 1.807) is 0 Å². The second-order valence-electron chi connectivity index (χ2n) is 4.24. The summed E-state index contributed by atoms with van der Waals surface area (Å²) in [6.45, 7) is 6.95. The Hall–Kier alpha value is -0.380. The van der Waals surface area contributed by atoms with Crippen LogP contribution in [0.3, 0.4) is 0 Å². The van der Waals surface area contributed by atoms with Gasteiger partial charge in [0.1, 0.15) is 0 Å². The van der Waals surface area contributed by atoms with Crippen LogP contribution in [0.15, 0.2) is 28.7 Å². The first-order chi connectivity index (χ1) is 8.22. The third-order valence-electron chi connectivity index (χ3n) is 2.62. The summed E-state index contributed by atoms with van der Waals surface area (Å²) >= 11 is 3.45. The van der Waals surface area contributed by atoms with Crippen molar-refractivity contribution in [2.45, 2.75) is 32.7 Å². The number of rotatable bonds is 8. The van der Waals surface area contributed by atoms with Crippen LogP contribution in [0.4, 0.5) is 0 Å². The van der Waals surface area contributed by atoms with Crippen LogP contribution in [0.2, 0.25) is 0 Å². The molecule has 0 radical (unpaired) electrons. The van der Waals surface area contributed by atoms with Gasteiger partial charge in [0.25, 0.3) is 0 Å². The van der Waals surface area contributed by atoms with Gasteiger partial charge in [-0.1, -0.05) is 28.1 Å². The molecule has 1 N–H and O–H groups in total. The van der Waals surface area contributed by atoms with Crippen LogP contribution in [0.5, 0.6) is 0 Å². The molecule has 0 aliphatic heterocycles. The molecule has 1 rings (SSSR count). The van der Waals surface area contributed by atoms with Gasteiger partial charge in [-0.3, -0.25) is 0 Å². The number of ether oxygens (including phenoxy) is 1. The fraction of sp³-hybridized carbons (Fsp3) is 0.571. The monoisotopic (exact) mass is 299 g/mol. The lowest BCUT2D eigenvalue weighted by molar-refractivity contribution is 0.144. The van der Waals surface area contributed by atoms with E-state index in [4.69, 9.17) is 4.74 Å². The quantitative estimate of drug-likeness (QED) is 0.743. The molecular formula is C14H22BrNO. The zero-order valence-corrected chi connectivity index (χ0v) is 12.3. The smallest absolute Gasteiger partial charge is 0.0477 e. The highest BCUT2D eigenvalue weighted by molar-refractivity contribution is 9.10. The zero-order chi connectivity index (χ0) is 12.5. The van der Waals surface area contributed by atoms with E-state index in [2.05, 4.69) is 52.4 Å². The topological polar surface area (TPSA) is 21.3 Å². The number of hydrogen-bond acceptors (Lipinski definition) is 2. The normalized spacial score (nSPS) is 12.6. The first kappa shape index (κ1) is 14.7. The second kappa shape index (κ2) is 8.67. The number of hydrogen-bond donors (Lipinski definition) is 1. The predicted octanol–water partition coefficient (Wildman–Crippen LogP) is 3.40. The Labute approximate surface area is 113 Å². The molecule has 17 heavy (non-hydrogen) atoms. The molecule has 0 amide bonds. The van der Waals surface area contributed by atoms with Crippen molar-refractivity contribution in [3.63, 3.8) is 0 Å². The van der Waals surface area contributed by atoms with Gasteiger partial charge in [0, 0.05) is 23.7 Å². The average molecular weight is 300 g/mol. The lowest BCUT2D eigenvalue weighted by Gasteiger charge is -2.13. The summed E-state index contributed by atoms with van der Waals surface area (Å²) in [7, 11) is 0. The maximum atomic E-state index is 5.30. The number of nitrogens with one attached hydrogen (secondary N) is 1. The molecular weight excluding hydrogens is 278 g/mol. The molecule has 1 aromatic carbocycles. The molecule has 96 valence electrons. The van der Waals surface area contributed by atoms with E-state index in [1.807, 2.05) is 6.92 Å². The van der Waals surface area contributed by atoms with E-state index in [0.717, 1.165) is 37.1 Å². The Morgan fingerprint density at radius 1 is 1.29 bits per heavy atom. The summed E-state index contributed by atoms with van der Waals surface area (Å²) in [6.07, 6.45) is 2.15. The van der Waals surface area contributed by atoms with Gasteiger partial charge >= 0.3 is 0 Å². The lowest BCUT2D eigenvalue weighted by Crippen LogP contribution is -2.29. The molecule has 0 bridgehead atoms. The van der Waals surface area contributed by atoms with Gasteiger partial charge in [-0.2, -0.15) is 0 Å². The van der Waals surface area contributed by atoms with Crippen molar-refractivity contribution in [1.82, 2.24) is 5.32 Å². The summed E-state index contributed by atoms with van der Waals surface area (Å²) in [5.74, 6) is 0. The van der Waals surface area contributed by atoms with Crippen molar-refractivity contribution in [3.05, 3.63) is 34.3 Å². The summed E-state index contributed by atoms with van der Waals surface area (Å²) in [6, 6.07) is 9.04. The van der Waals surface area contributed by atoms with Gasteiger partial charge in [-0.05, 0) is 50.9 Å². The van der Waals surface area contributed by atoms with Crippen LogP contribution in [-0.2, 0) is 11.2 Å². The maximum Gasteiger partial charge on any atom is 0.0477 e. The van der Waals surface area contributed by atoms with Gasteiger partial charge < -0.3 is 10.1 Å². The molecule has 1 unspecified atom stereocenters. The minimum Gasteiger partial charge on any atom is -0.382 e.